The van der Waals surface area contributed by atoms with E-state index in [1.165, 1.54) is 12.1 Å². The van der Waals surface area contributed by atoms with Crippen LogP contribution in [-0.2, 0) is 5.54 Å². The zero-order valence-corrected chi connectivity index (χ0v) is 13.8. The molecule has 0 fully saturated rings. The first-order chi connectivity index (χ1) is 10.3. The summed E-state index contributed by atoms with van der Waals surface area (Å²) >= 11 is 11.9. The summed E-state index contributed by atoms with van der Waals surface area (Å²) in [5, 5.41) is 3.44. The van der Waals surface area contributed by atoms with Crippen LogP contribution in [0.5, 0.6) is 0 Å². The Hall–Kier alpha value is -1.23. The number of hydrogen-bond acceptors (Lipinski definition) is 2. The highest BCUT2D eigenvalue weighted by atomic mass is 35.5. The summed E-state index contributed by atoms with van der Waals surface area (Å²) in [6.45, 7) is 3.64. The Morgan fingerprint density at radius 1 is 1.18 bits per heavy atom. The molecule has 0 aliphatic carbocycles. The number of rotatable bonds is 5. The standard InChI is InChI=1S/C16H16Cl2F2N2/c1-16(2,21-6-5-19)11-8-14(22-15(18)9-11)10-3-4-13(20)12(17)7-10/h3-4,7-9,21H,5-6H2,1-2H3. The van der Waals surface area contributed by atoms with Crippen molar-refractivity contribution < 1.29 is 8.78 Å². The number of hydrogen-bond donors (Lipinski definition) is 1. The van der Waals surface area contributed by atoms with Crippen LogP contribution in [0.15, 0.2) is 30.3 Å². The second-order valence-corrected chi connectivity index (χ2v) is 6.23. The van der Waals surface area contributed by atoms with E-state index in [1.807, 2.05) is 19.9 Å². The van der Waals surface area contributed by atoms with Gasteiger partial charge in [0, 0.05) is 17.6 Å². The third-order valence-corrected chi connectivity index (χ3v) is 3.88. The minimum Gasteiger partial charge on any atom is -0.305 e. The Bertz CT molecular complexity index is 675. The van der Waals surface area contributed by atoms with E-state index in [0.717, 1.165) is 5.56 Å². The molecule has 22 heavy (non-hydrogen) atoms. The van der Waals surface area contributed by atoms with E-state index in [2.05, 4.69) is 10.3 Å². The van der Waals surface area contributed by atoms with Gasteiger partial charge in [0.25, 0.3) is 0 Å². The van der Waals surface area contributed by atoms with Gasteiger partial charge in [0.15, 0.2) is 0 Å². The molecule has 1 heterocycles. The van der Waals surface area contributed by atoms with E-state index >= 15 is 0 Å². The molecule has 0 aliphatic rings. The van der Waals surface area contributed by atoms with Gasteiger partial charge >= 0.3 is 0 Å². The predicted octanol–water partition coefficient (Wildman–Crippen LogP) is 4.99. The van der Waals surface area contributed by atoms with Crippen molar-refractivity contribution in [3.05, 3.63) is 51.9 Å². The van der Waals surface area contributed by atoms with Gasteiger partial charge in [-0.25, -0.2) is 13.8 Å². The smallest absolute Gasteiger partial charge is 0.141 e. The second-order valence-electron chi connectivity index (χ2n) is 5.43. The van der Waals surface area contributed by atoms with Crippen molar-refractivity contribution in [1.82, 2.24) is 10.3 Å². The first-order valence-electron chi connectivity index (χ1n) is 6.78. The van der Waals surface area contributed by atoms with E-state index in [1.54, 1.807) is 12.1 Å². The van der Waals surface area contributed by atoms with Crippen LogP contribution in [0.25, 0.3) is 11.3 Å². The summed E-state index contributed by atoms with van der Waals surface area (Å²) < 4.78 is 25.7. The molecule has 2 rings (SSSR count). The lowest BCUT2D eigenvalue weighted by Crippen LogP contribution is -2.37. The van der Waals surface area contributed by atoms with Gasteiger partial charge in [-0.05, 0) is 49.7 Å². The van der Waals surface area contributed by atoms with Gasteiger partial charge in [-0.1, -0.05) is 23.2 Å². The molecule has 0 unspecified atom stereocenters. The Balaban J connectivity index is 2.44. The van der Waals surface area contributed by atoms with E-state index in [4.69, 9.17) is 23.2 Å². The number of pyridine rings is 1. The molecule has 0 amide bonds. The zero-order chi connectivity index (χ0) is 16.3. The molecule has 1 aromatic carbocycles. The molecule has 1 aromatic heterocycles. The third kappa shape index (κ3) is 3.94. The molecule has 0 aliphatic heterocycles. The van der Waals surface area contributed by atoms with Crippen LogP contribution in [0.1, 0.15) is 19.4 Å². The molecule has 0 saturated carbocycles. The molecular formula is C16H16Cl2F2N2. The number of benzene rings is 1. The monoisotopic (exact) mass is 344 g/mol. The fourth-order valence-electron chi connectivity index (χ4n) is 2.12. The van der Waals surface area contributed by atoms with Gasteiger partial charge in [0.05, 0.1) is 10.7 Å². The lowest BCUT2D eigenvalue weighted by molar-refractivity contribution is 0.365. The van der Waals surface area contributed by atoms with Crippen LogP contribution in [0, 0.1) is 5.82 Å². The SMILES string of the molecule is CC(C)(NCCF)c1cc(Cl)nc(-c2ccc(F)c(Cl)c2)c1. The van der Waals surface area contributed by atoms with Crippen LogP contribution < -0.4 is 5.32 Å². The molecule has 0 bridgehead atoms. The van der Waals surface area contributed by atoms with E-state index in [-0.39, 0.29) is 11.6 Å². The number of aromatic nitrogens is 1. The van der Waals surface area contributed by atoms with Crippen LogP contribution in [0.3, 0.4) is 0 Å². The maximum Gasteiger partial charge on any atom is 0.141 e. The average Bonchev–Trinajstić information content (AvgIpc) is 2.47. The summed E-state index contributed by atoms with van der Waals surface area (Å²) in [4.78, 5) is 4.25. The van der Waals surface area contributed by atoms with Crippen molar-refractivity contribution in [3.63, 3.8) is 0 Å². The first kappa shape index (κ1) is 17.1. The van der Waals surface area contributed by atoms with E-state index < -0.39 is 18.0 Å². The van der Waals surface area contributed by atoms with Crippen LogP contribution in [0.2, 0.25) is 10.2 Å². The lowest BCUT2D eigenvalue weighted by atomic mass is 9.93. The van der Waals surface area contributed by atoms with Crippen molar-refractivity contribution in [2.45, 2.75) is 19.4 Å². The largest absolute Gasteiger partial charge is 0.305 e. The minimum atomic E-state index is -0.488. The molecule has 2 aromatic rings. The minimum absolute atomic E-state index is 0.0237. The number of nitrogens with zero attached hydrogens (tertiary/aromatic N) is 1. The van der Waals surface area contributed by atoms with Crippen molar-refractivity contribution in [2.24, 2.45) is 0 Å². The third-order valence-electron chi connectivity index (χ3n) is 3.39. The van der Waals surface area contributed by atoms with Gasteiger partial charge in [-0.15, -0.1) is 0 Å². The van der Waals surface area contributed by atoms with E-state index in [9.17, 15) is 8.78 Å². The fraction of sp³-hybridized carbons (Fsp3) is 0.312. The average molecular weight is 345 g/mol. The van der Waals surface area contributed by atoms with Gasteiger partial charge in [0.2, 0.25) is 0 Å². The Labute approximate surface area is 138 Å². The lowest BCUT2D eigenvalue weighted by Gasteiger charge is -2.27. The first-order valence-corrected chi connectivity index (χ1v) is 7.53. The molecule has 0 saturated heterocycles. The predicted molar refractivity (Wildman–Crippen MR) is 86.7 cm³/mol. The number of alkyl halides is 1. The molecule has 1 N–H and O–H groups in total. The maximum atomic E-state index is 13.3. The highest BCUT2D eigenvalue weighted by Crippen LogP contribution is 2.29. The normalized spacial score (nSPS) is 11.7. The van der Waals surface area contributed by atoms with Crippen molar-refractivity contribution in [2.75, 3.05) is 13.2 Å². The number of nitrogens with one attached hydrogen (secondary N) is 1. The summed E-state index contributed by atoms with van der Waals surface area (Å²) in [5.74, 6) is -0.488. The second kappa shape index (κ2) is 6.90. The van der Waals surface area contributed by atoms with Crippen LogP contribution >= 0.6 is 23.2 Å². The maximum absolute atomic E-state index is 13.3. The summed E-state index contributed by atoms with van der Waals surface area (Å²) in [6.07, 6.45) is 0. The summed E-state index contributed by atoms with van der Waals surface area (Å²) in [6, 6.07) is 7.93. The molecule has 118 valence electrons. The molecule has 0 spiro atoms. The van der Waals surface area contributed by atoms with Crippen molar-refractivity contribution >= 4 is 23.2 Å². The van der Waals surface area contributed by atoms with Crippen molar-refractivity contribution in [1.29, 1.82) is 0 Å². The molecule has 6 heteroatoms. The Kier molecular flexibility index (Phi) is 5.37. The van der Waals surface area contributed by atoms with Gasteiger partial charge in [-0.3, -0.25) is 0 Å². The van der Waals surface area contributed by atoms with Gasteiger partial charge in [0.1, 0.15) is 17.6 Å². The van der Waals surface area contributed by atoms with Crippen LogP contribution in [-0.4, -0.2) is 18.2 Å². The highest BCUT2D eigenvalue weighted by Gasteiger charge is 2.21. The fourth-order valence-corrected chi connectivity index (χ4v) is 2.51. The molecule has 2 nitrogen and oxygen atoms in total. The highest BCUT2D eigenvalue weighted by molar-refractivity contribution is 6.31. The molecular weight excluding hydrogens is 329 g/mol. The van der Waals surface area contributed by atoms with E-state index in [0.29, 0.717) is 16.4 Å². The number of halogens is 4. The zero-order valence-electron chi connectivity index (χ0n) is 12.3. The molecule has 0 atom stereocenters. The quantitative estimate of drug-likeness (QED) is 0.773. The topological polar surface area (TPSA) is 24.9 Å². The molecule has 0 radical (unpaired) electrons. The Morgan fingerprint density at radius 2 is 1.91 bits per heavy atom. The van der Waals surface area contributed by atoms with Crippen molar-refractivity contribution in [3.8, 4) is 11.3 Å². The van der Waals surface area contributed by atoms with Crippen LogP contribution in [0.4, 0.5) is 8.78 Å². The Morgan fingerprint density at radius 3 is 2.55 bits per heavy atom. The summed E-state index contributed by atoms with van der Waals surface area (Å²) in [7, 11) is 0. The van der Waals surface area contributed by atoms with Gasteiger partial charge in [-0.2, -0.15) is 0 Å². The summed E-state index contributed by atoms with van der Waals surface area (Å²) in [5.41, 5.74) is 1.63. The van der Waals surface area contributed by atoms with Gasteiger partial charge < -0.3 is 5.32 Å².